The molecule has 0 saturated carbocycles. The Morgan fingerprint density at radius 1 is 0.800 bits per heavy atom. The molecule has 9 nitrogen and oxygen atoms in total. The second-order valence-corrected chi connectivity index (χ2v) is 11.3. The highest BCUT2D eigenvalue weighted by Gasteiger charge is 2.31. The van der Waals surface area contributed by atoms with E-state index < -0.39 is 17.7 Å². The number of H-pyrrole nitrogens is 2. The maximum atomic E-state index is 13.8. The molecular weight excluding hydrogens is 504 g/mol. The number of hydrogen-bond acceptors (Lipinski definition) is 4. The van der Waals surface area contributed by atoms with Crippen molar-refractivity contribution in [1.29, 1.82) is 0 Å². The quantitative estimate of drug-likeness (QED) is 0.152. The number of fused-ring (bicyclic) bond motifs is 2. The number of hydrogen-bond donors (Lipinski definition) is 6. The van der Waals surface area contributed by atoms with Crippen LogP contribution in [0.5, 0.6) is 0 Å². The van der Waals surface area contributed by atoms with Gasteiger partial charge in [-0.25, -0.2) is 0 Å². The Kier molecular flexibility index (Phi) is 8.94. The second-order valence-electron chi connectivity index (χ2n) is 11.3. The Labute approximate surface area is 234 Å². The van der Waals surface area contributed by atoms with E-state index in [0.29, 0.717) is 12.8 Å². The lowest BCUT2D eigenvalue weighted by molar-refractivity contribution is -0.132. The number of amides is 3. The van der Waals surface area contributed by atoms with Crippen LogP contribution in [-0.4, -0.2) is 52.5 Å². The molecule has 2 heterocycles. The molecule has 0 aliphatic carbocycles. The molecule has 212 valence electrons. The third-order valence-electron chi connectivity index (χ3n) is 7.26. The van der Waals surface area contributed by atoms with E-state index in [1.54, 1.807) is 20.9 Å². The number of carbonyl (C=O) groups is 3. The molecule has 2 aromatic carbocycles. The van der Waals surface area contributed by atoms with Gasteiger partial charge in [-0.05, 0) is 50.1 Å². The topological polar surface area (TPSA) is 131 Å². The highest BCUT2D eigenvalue weighted by atomic mass is 16.2. The molecule has 0 bridgehead atoms. The minimum absolute atomic E-state index is 0.145. The zero-order chi connectivity index (χ0) is 28.9. The number of rotatable bonds is 12. The Morgan fingerprint density at radius 3 is 1.90 bits per heavy atom. The van der Waals surface area contributed by atoms with Crippen molar-refractivity contribution in [2.45, 2.75) is 64.7 Å². The van der Waals surface area contributed by atoms with Crippen LogP contribution in [0.4, 0.5) is 0 Å². The van der Waals surface area contributed by atoms with Crippen molar-refractivity contribution in [2.24, 2.45) is 5.92 Å². The first-order valence-electron chi connectivity index (χ1n) is 13.8. The van der Waals surface area contributed by atoms with E-state index >= 15 is 0 Å². The predicted molar refractivity (Wildman–Crippen MR) is 159 cm³/mol. The Morgan fingerprint density at radius 2 is 1.35 bits per heavy atom. The SMILES string of the molecule is CNC(C)(C)C(=O)N[C@H](Cc1c[nH]c2ccccc12)C(=O)N[C@H](Cc1c[nH]c2ccccc12)NC(=O)CC(C)C. The van der Waals surface area contributed by atoms with Crippen molar-refractivity contribution >= 4 is 39.5 Å². The normalized spacial score (nSPS) is 13.3. The summed E-state index contributed by atoms with van der Waals surface area (Å²) >= 11 is 0. The minimum atomic E-state index is -0.881. The van der Waals surface area contributed by atoms with E-state index in [0.717, 1.165) is 32.9 Å². The summed E-state index contributed by atoms with van der Waals surface area (Å²) in [6, 6.07) is 14.9. The Balaban J connectivity index is 1.61. The van der Waals surface area contributed by atoms with Crippen molar-refractivity contribution in [1.82, 2.24) is 31.2 Å². The summed E-state index contributed by atoms with van der Waals surface area (Å²) in [5.41, 5.74) is 2.94. The summed E-state index contributed by atoms with van der Waals surface area (Å²) in [7, 11) is 1.70. The highest BCUT2D eigenvalue weighted by Crippen LogP contribution is 2.21. The van der Waals surface area contributed by atoms with Crippen LogP contribution in [0.3, 0.4) is 0 Å². The van der Waals surface area contributed by atoms with Crippen LogP contribution in [0.15, 0.2) is 60.9 Å². The van der Waals surface area contributed by atoms with E-state index in [-0.39, 0.29) is 30.1 Å². The first-order chi connectivity index (χ1) is 19.1. The smallest absolute Gasteiger partial charge is 0.244 e. The number of aromatic nitrogens is 2. The van der Waals surface area contributed by atoms with Gasteiger partial charge in [-0.15, -0.1) is 0 Å². The molecular formula is C31H40N6O3. The van der Waals surface area contributed by atoms with Gasteiger partial charge in [-0.1, -0.05) is 50.2 Å². The lowest BCUT2D eigenvalue weighted by Crippen LogP contribution is -2.60. The second kappa shape index (κ2) is 12.4. The summed E-state index contributed by atoms with van der Waals surface area (Å²) < 4.78 is 0. The van der Waals surface area contributed by atoms with Gasteiger partial charge in [0, 0.05) is 53.5 Å². The van der Waals surface area contributed by atoms with Gasteiger partial charge < -0.3 is 31.2 Å². The lowest BCUT2D eigenvalue weighted by atomic mass is 10.0. The van der Waals surface area contributed by atoms with Gasteiger partial charge in [-0.3, -0.25) is 14.4 Å². The van der Waals surface area contributed by atoms with Crippen molar-refractivity contribution in [2.75, 3.05) is 7.05 Å². The monoisotopic (exact) mass is 544 g/mol. The molecule has 0 radical (unpaired) electrons. The third kappa shape index (κ3) is 6.90. The molecule has 9 heteroatoms. The summed E-state index contributed by atoms with van der Waals surface area (Å²) in [6.07, 6.45) is 4.10. The molecule has 4 aromatic rings. The summed E-state index contributed by atoms with van der Waals surface area (Å²) in [4.78, 5) is 46.3. The molecule has 0 saturated heterocycles. The fourth-order valence-corrected chi connectivity index (χ4v) is 4.74. The van der Waals surface area contributed by atoms with Crippen LogP contribution >= 0.6 is 0 Å². The molecule has 0 spiro atoms. The number of para-hydroxylation sites is 2. The molecule has 0 aliphatic rings. The summed E-state index contributed by atoms with van der Waals surface area (Å²) in [5.74, 6) is -0.650. The number of likely N-dealkylation sites (N-methyl/N-ethyl adjacent to an activating group) is 1. The van der Waals surface area contributed by atoms with Crippen LogP contribution in [0, 0.1) is 5.92 Å². The van der Waals surface area contributed by atoms with Crippen LogP contribution in [0.1, 0.15) is 45.2 Å². The Bertz CT molecular complexity index is 1480. The highest BCUT2D eigenvalue weighted by molar-refractivity contribution is 5.93. The van der Waals surface area contributed by atoms with Gasteiger partial charge in [0.05, 0.1) is 5.54 Å². The molecule has 40 heavy (non-hydrogen) atoms. The first-order valence-corrected chi connectivity index (χ1v) is 13.8. The van der Waals surface area contributed by atoms with Crippen LogP contribution < -0.4 is 21.3 Å². The number of aromatic amines is 2. The van der Waals surface area contributed by atoms with E-state index in [2.05, 4.69) is 31.2 Å². The molecule has 0 unspecified atom stereocenters. The van der Waals surface area contributed by atoms with Crippen LogP contribution in [0.2, 0.25) is 0 Å². The molecule has 3 amide bonds. The van der Waals surface area contributed by atoms with Crippen LogP contribution in [0.25, 0.3) is 21.8 Å². The summed E-state index contributed by atoms with van der Waals surface area (Å²) in [6.45, 7) is 7.47. The van der Waals surface area contributed by atoms with Crippen molar-refractivity contribution in [3.8, 4) is 0 Å². The largest absolute Gasteiger partial charge is 0.361 e. The predicted octanol–water partition coefficient (Wildman–Crippen LogP) is 3.52. The van der Waals surface area contributed by atoms with Gasteiger partial charge >= 0.3 is 0 Å². The van der Waals surface area contributed by atoms with Crippen molar-refractivity contribution in [3.05, 3.63) is 72.1 Å². The van der Waals surface area contributed by atoms with Gasteiger partial charge in [0.1, 0.15) is 12.2 Å². The van der Waals surface area contributed by atoms with E-state index in [9.17, 15) is 14.4 Å². The molecule has 0 aliphatic heterocycles. The molecule has 0 fully saturated rings. The van der Waals surface area contributed by atoms with Gasteiger partial charge in [0.2, 0.25) is 17.7 Å². The fourth-order valence-electron chi connectivity index (χ4n) is 4.74. The first kappa shape index (κ1) is 28.9. The third-order valence-corrected chi connectivity index (χ3v) is 7.26. The fraction of sp³-hybridized carbons (Fsp3) is 0.387. The number of nitrogens with one attached hydrogen (secondary N) is 6. The maximum Gasteiger partial charge on any atom is 0.244 e. The summed E-state index contributed by atoms with van der Waals surface area (Å²) in [5, 5.41) is 14.0. The molecule has 2 aromatic heterocycles. The average Bonchev–Trinajstić information content (AvgIpc) is 3.51. The zero-order valence-electron chi connectivity index (χ0n) is 23.9. The van der Waals surface area contributed by atoms with Crippen molar-refractivity contribution in [3.63, 3.8) is 0 Å². The lowest BCUT2D eigenvalue weighted by Gasteiger charge is -2.28. The van der Waals surface area contributed by atoms with Crippen molar-refractivity contribution < 1.29 is 14.4 Å². The van der Waals surface area contributed by atoms with E-state index in [4.69, 9.17) is 0 Å². The Hall–Kier alpha value is -4.11. The zero-order valence-corrected chi connectivity index (χ0v) is 23.9. The number of benzene rings is 2. The van der Waals surface area contributed by atoms with E-state index in [1.807, 2.05) is 74.8 Å². The molecule has 4 rings (SSSR count). The minimum Gasteiger partial charge on any atom is -0.361 e. The van der Waals surface area contributed by atoms with Gasteiger partial charge in [-0.2, -0.15) is 0 Å². The standard InChI is InChI=1S/C31H40N6O3/c1-19(2)14-28(38)36-27(16-21-18-34-25-13-9-7-11-23(21)25)37-29(39)26(35-30(40)31(3,4)32-5)15-20-17-33-24-12-8-6-10-22(20)24/h6-13,17-19,26-27,32-34H,14-16H2,1-5H3,(H,35,40)(H,36,38)(H,37,39)/t26-,27-/m1/s1. The van der Waals surface area contributed by atoms with Crippen LogP contribution in [-0.2, 0) is 27.2 Å². The average molecular weight is 545 g/mol. The molecule has 6 N–H and O–H groups in total. The van der Waals surface area contributed by atoms with E-state index in [1.165, 1.54) is 0 Å². The molecule has 2 atom stereocenters. The van der Waals surface area contributed by atoms with Gasteiger partial charge in [0.25, 0.3) is 0 Å². The number of carbonyl (C=O) groups excluding carboxylic acids is 3. The maximum absolute atomic E-state index is 13.8. The van der Waals surface area contributed by atoms with Gasteiger partial charge in [0.15, 0.2) is 0 Å².